The van der Waals surface area contributed by atoms with Gasteiger partial charge in [0.2, 0.25) is 11.8 Å². The number of hydrogen-bond donors (Lipinski definition) is 1. The molecule has 6 heteroatoms. The highest BCUT2D eigenvalue weighted by Gasteiger charge is 2.26. The van der Waals surface area contributed by atoms with E-state index in [1.807, 2.05) is 54.6 Å². The fourth-order valence-corrected chi connectivity index (χ4v) is 3.51. The van der Waals surface area contributed by atoms with Crippen molar-refractivity contribution in [2.24, 2.45) is 0 Å². The van der Waals surface area contributed by atoms with E-state index in [1.54, 1.807) is 31.1 Å². The zero-order chi connectivity index (χ0) is 23.6. The Morgan fingerprint density at radius 2 is 1.55 bits per heavy atom. The molecule has 3 rings (SSSR count). The van der Waals surface area contributed by atoms with Crippen molar-refractivity contribution in [3.8, 4) is 5.75 Å². The predicted molar refractivity (Wildman–Crippen MR) is 126 cm³/mol. The number of ether oxygens (including phenoxy) is 1. The van der Waals surface area contributed by atoms with Crippen molar-refractivity contribution in [3.05, 3.63) is 101 Å². The summed E-state index contributed by atoms with van der Waals surface area (Å²) in [5, 5.41) is 2.93. The Morgan fingerprint density at radius 3 is 2.18 bits per heavy atom. The van der Waals surface area contributed by atoms with Crippen LogP contribution in [0.2, 0.25) is 0 Å². The van der Waals surface area contributed by atoms with E-state index >= 15 is 0 Å². The first kappa shape index (κ1) is 24.0. The Kier molecular flexibility index (Phi) is 8.58. The van der Waals surface area contributed by atoms with Gasteiger partial charge in [0.25, 0.3) is 0 Å². The lowest BCUT2D eigenvalue weighted by Crippen LogP contribution is -2.48. The number of rotatable bonds is 10. The molecule has 0 heterocycles. The molecule has 3 aromatic rings. The molecule has 0 saturated carbocycles. The average molecular weight is 449 g/mol. The van der Waals surface area contributed by atoms with Crippen molar-refractivity contribution in [2.45, 2.75) is 32.4 Å². The number of amides is 2. The molecule has 33 heavy (non-hydrogen) atoms. The largest absolute Gasteiger partial charge is 0.497 e. The van der Waals surface area contributed by atoms with E-state index in [4.69, 9.17) is 4.74 Å². The third kappa shape index (κ3) is 7.17. The molecule has 0 fully saturated rings. The maximum atomic E-state index is 13.3. The normalized spacial score (nSPS) is 11.5. The van der Waals surface area contributed by atoms with Crippen LogP contribution in [0.3, 0.4) is 0 Å². The van der Waals surface area contributed by atoms with E-state index in [1.165, 1.54) is 12.1 Å². The highest BCUT2D eigenvalue weighted by atomic mass is 19.1. The van der Waals surface area contributed by atoms with Crippen molar-refractivity contribution in [1.29, 1.82) is 0 Å². The summed E-state index contributed by atoms with van der Waals surface area (Å²) in [5.41, 5.74) is 2.71. The van der Waals surface area contributed by atoms with Crippen molar-refractivity contribution >= 4 is 11.8 Å². The zero-order valence-corrected chi connectivity index (χ0v) is 19.0. The molecule has 0 aromatic heterocycles. The SMILES string of the molecule is COc1ccc(CCNC(=O)C(C)N(Cc2ccc(F)cc2)C(=O)Cc2ccccc2)cc1. The number of methoxy groups -OCH3 is 1. The number of carbonyl (C=O) groups is 2. The summed E-state index contributed by atoms with van der Waals surface area (Å²) in [6.07, 6.45) is 0.851. The van der Waals surface area contributed by atoms with Gasteiger partial charge in [-0.1, -0.05) is 54.6 Å². The molecular weight excluding hydrogens is 419 g/mol. The summed E-state index contributed by atoms with van der Waals surface area (Å²) in [4.78, 5) is 27.6. The molecule has 0 bridgehead atoms. The minimum absolute atomic E-state index is 0.164. The smallest absolute Gasteiger partial charge is 0.242 e. The summed E-state index contributed by atoms with van der Waals surface area (Å²) in [6, 6.07) is 22.4. The van der Waals surface area contributed by atoms with Crippen LogP contribution in [-0.4, -0.2) is 36.4 Å². The van der Waals surface area contributed by atoms with Crippen molar-refractivity contribution in [1.82, 2.24) is 10.2 Å². The lowest BCUT2D eigenvalue weighted by Gasteiger charge is -2.29. The van der Waals surface area contributed by atoms with Crippen LogP contribution in [0.1, 0.15) is 23.6 Å². The van der Waals surface area contributed by atoms with Crippen LogP contribution in [0.25, 0.3) is 0 Å². The van der Waals surface area contributed by atoms with Crippen LogP contribution in [-0.2, 0) is 29.0 Å². The first-order valence-corrected chi connectivity index (χ1v) is 10.9. The highest BCUT2D eigenvalue weighted by molar-refractivity contribution is 5.88. The van der Waals surface area contributed by atoms with Crippen molar-refractivity contribution in [3.63, 3.8) is 0 Å². The first-order chi connectivity index (χ1) is 16.0. The Hall–Kier alpha value is -3.67. The van der Waals surface area contributed by atoms with Gasteiger partial charge in [-0.3, -0.25) is 9.59 Å². The standard InChI is InChI=1S/C27H29FN2O3/c1-20(27(32)29-17-16-21-10-14-25(33-2)15-11-21)30(19-23-8-12-24(28)13-9-23)26(31)18-22-6-4-3-5-7-22/h3-15,20H,16-19H2,1-2H3,(H,29,32). The molecule has 2 amide bonds. The number of benzene rings is 3. The van der Waals surface area contributed by atoms with Gasteiger partial charge in [-0.05, 0) is 54.3 Å². The molecule has 5 nitrogen and oxygen atoms in total. The minimum Gasteiger partial charge on any atom is -0.497 e. The quantitative estimate of drug-likeness (QED) is 0.507. The van der Waals surface area contributed by atoms with Crippen molar-refractivity contribution < 1.29 is 18.7 Å². The molecule has 172 valence electrons. The van der Waals surface area contributed by atoms with Crippen molar-refractivity contribution in [2.75, 3.05) is 13.7 Å². The summed E-state index contributed by atoms with van der Waals surface area (Å²) in [6.45, 7) is 2.39. The van der Waals surface area contributed by atoms with Crippen LogP contribution in [0.15, 0.2) is 78.9 Å². The van der Waals surface area contributed by atoms with Gasteiger partial charge in [-0.2, -0.15) is 0 Å². The van der Waals surface area contributed by atoms with Crippen LogP contribution in [0.4, 0.5) is 4.39 Å². The fourth-order valence-electron chi connectivity index (χ4n) is 3.51. The van der Waals surface area contributed by atoms with Crippen LogP contribution >= 0.6 is 0 Å². The number of nitrogens with zero attached hydrogens (tertiary/aromatic N) is 1. The topological polar surface area (TPSA) is 58.6 Å². The number of nitrogens with one attached hydrogen (secondary N) is 1. The van der Waals surface area contributed by atoms with Crippen LogP contribution in [0, 0.1) is 5.82 Å². The molecule has 0 radical (unpaired) electrons. The van der Waals surface area contributed by atoms with Gasteiger partial charge in [0.1, 0.15) is 17.6 Å². The second-order valence-corrected chi connectivity index (χ2v) is 7.88. The summed E-state index contributed by atoms with van der Waals surface area (Å²) < 4.78 is 18.5. The van der Waals surface area contributed by atoms with Gasteiger partial charge < -0.3 is 15.0 Å². The minimum atomic E-state index is -0.679. The average Bonchev–Trinajstić information content (AvgIpc) is 2.84. The highest BCUT2D eigenvalue weighted by Crippen LogP contribution is 2.14. The molecular formula is C27H29FN2O3. The van der Waals surface area contributed by atoms with Gasteiger partial charge in [0.15, 0.2) is 0 Å². The monoisotopic (exact) mass is 448 g/mol. The number of halogens is 1. The fraction of sp³-hybridized carbons (Fsp3) is 0.259. The predicted octanol–water partition coefficient (Wildman–Crippen LogP) is 4.15. The molecule has 3 aromatic carbocycles. The van der Waals surface area contributed by atoms with Gasteiger partial charge in [0, 0.05) is 13.1 Å². The molecule has 1 unspecified atom stereocenters. The third-order valence-electron chi connectivity index (χ3n) is 5.50. The number of carbonyl (C=O) groups excluding carboxylic acids is 2. The van der Waals surface area contributed by atoms with Gasteiger partial charge in [-0.25, -0.2) is 4.39 Å². The molecule has 0 saturated heterocycles. The van der Waals surface area contributed by atoms with Gasteiger partial charge in [-0.15, -0.1) is 0 Å². The lowest BCUT2D eigenvalue weighted by molar-refractivity contribution is -0.140. The molecule has 0 aliphatic carbocycles. The van der Waals surface area contributed by atoms with E-state index in [2.05, 4.69) is 5.32 Å². The molecule has 1 N–H and O–H groups in total. The second kappa shape index (κ2) is 11.8. The maximum absolute atomic E-state index is 13.3. The lowest BCUT2D eigenvalue weighted by atomic mass is 10.1. The van der Waals surface area contributed by atoms with E-state index in [0.717, 1.165) is 22.4 Å². The van der Waals surface area contributed by atoms with E-state index in [0.29, 0.717) is 13.0 Å². The zero-order valence-electron chi connectivity index (χ0n) is 19.0. The molecule has 0 spiro atoms. The van der Waals surface area contributed by atoms with Gasteiger partial charge in [0.05, 0.1) is 13.5 Å². The Balaban J connectivity index is 1.65. The molecule has 1 atom stereocenters. The third-order valence-corrected chi connectivity index (χ3v) is 5.50. The van der Waals surface area contributed by atoms with Crippen LogP contribution < -0.4 is 10.1 Å². The van der Waals surface area contributed by atoms with E-state index in [9.17, 15) is 14.0 Å². The Bertz CT molecular complexity index is 1040. The molecule has 0 aliphatic rings. The number of hydrogen-bond acceptors (Lipinski definition) is 3. The van der Waals surface area contributed by atoms with Crippen LogP contribution in [0.5, 0.6) is 5.75 Å². The second-order valence-electron chi connectivity index (χ2n) is 7.88. The first-order valence-electron chi connectivity index (χ1n) is 10.9. The Morgan fingerprint density at radius 1 is 0.909 bits per heavy atom. The van der Waals surface area contributed by atoms with Gasteiger partial charge >= 0.3 is 0 Å². The Labute approximate surface area is 194 Å². The summed E-state index contributed by atoms with van der Waals surface area (Å²) in [7, 11) is 1.62. The molecule has 0 aliphatic heterocycles. The maximum Gasteiger partial charge on any atom is 0.242 e. The van der Waals surface area contributed by atoms with E-state index < -0.39 is 6.04 Å². The van der Waals surface area contributed by atoms with E-state index in [-0.39, 0.29) is 30.6 Å². The summed E-state index contributed by atoms with van der Waals surface area (Å²) >= 11 is 0. The summed E-state index contributed by atoms with van der Waals surface area (Å²) in [5.74, 6) is 0.0466.